The van der Waals surface area contributed by atoms with Crippen molar-refractivity contribution in [2.75, 3.05) is 13.7 Å². The summed E-state index contributed by atoms with van der Waals surface area (Å²) in [5, 5.41) is 10.3. The number of fused-ring (bicyclic) bond motifs is 1. The highest BCUT2D eigenvalue weighted by Gasteiger charge is 2.13. The van der Waals surface area contributed by atoms with Crippen LogP contribution in [0.5, 0.6) is 5.75 Å². The monoisotopic (exact) mass is 340 g/mol. The number of carbonyl (C=O) groups is 1. The Balaban J connectivity index is 1.66. The summed E-state index contributed by atoms with van der Waals surface area (Å²) in [5.74, 6) is 0.925. The molecule has 0 aliphatic carbocycles. The molecule has 3 rings (SSSR count). The molecule has 0 saturated carbocycles. The largest absolute Gasteiger partial charge is 0.491 e. The van der Waals surface area contributed by atoms with E-state index in [0.29, 0.717) is 17.9 Å². The number of hydrogen-bond donors (Lipinski definition) is 1. The number of aromatic nitrogens is 2. The number of carbonyl (C=O) groups excluding carboxylic acids is 1. The lowest BCUT2D eigenvalue weighted by molar-refractivity contribution is 0.0599. The van der Waals surface area contributed by atoms with Gasteiger partial charge in [-0.25, -0.2) is 9.78 Å². The molecule has 0 aliphatic heterocycles. The Morgan fingerprint density at radius 3 is 2.84 bits per heavy atom. The second-order valence-electron chi connectivity index (χ2n) is 5.74. The number of aliphatic hydroxyl groups excluding tert-OH is 1. The highest BCUT2D eigenvalue weighted by atomic mass is 16.5. The number of nitrogens with zero attached hydrogens (tertiary/aromatic N) is 2. The van der Waals surface area contributed by atoms with Gasteiger partial charge in [-0.2, -0.15) is 0 Å². The van der Waals surface area contributed by atoms with E-state index in [9.17, 15) is 9.90 Å². The number of ether oxygens (including phenoxy) is 2. The van der Waals surface area contributed by atoms with Crippen LogP contribution in [0.3, 0.4) is 0 Å². The molecule has 0 aliphatic rings. The van der Waals surface area contributed by atoms with E-state index in [1.165, 1.54) is 7.11 Å². The van der Waals surface area contributed by atoms with Gasteiger partial charge >= 0.3 is 5.97 Å². The Hall–Kier alpha value is -2.86. The lowest BCUT2D eigenvalue weighted by Crippen LogP contribution is -2.24. The minimum atomic E-state index is -0.710. The van der Waals surface area contributed by atoms with E-state index in [1.807, 2.05) is 35.8 Å². The fourth-order valence-electron chi connectivity index (χ4n) is 2.71. The zero-order valence-corrected chi connectivity index (χ0v) is 14.2. The van der Waals surface area contributed by atoms with Crippen molar-refractivity contribution in [3.05, 3.63) is 59.9 Å². The van der Waals surface area contributed by atoms with Gasteiger partial charge in [0, 0.05) is 0 Å². The van der Waals surface area contributed by atoms with Gasteiger partial charge in [0.05, 0.1) is 30.3 Å². The summed E-state index contributed by atoms with van der Waals surface area (Å²) in [5.41, 5.74) is 2.29. The second-order valence-corrected chi connectivity index (χ2v) is 5.74. The summed E-state index contributed by atoms with van der Waals surface area (Å²) in [6, 6.07) is 14.5. The zero-order chi connectivity index (χ0) is 17.8. The van der Waals surface area contributed by atoms with Gasteiger partial charge in [0.1, 0.15) is 24.3 Å². The van der Waals surface area contributed by atoms with Crippen LogP contribution in [0, 0.1) is 6.92 Å². The summed E-state index contributed by atoms with van der Waals surface area (Å²) < 4.78 is 12.3. The third-order valence-corrected chi connectivity index (χ3v) is 3.94. The van der Waals surface area contributed by atoms with E-state index >= 15 is 0 Å². The number of esters is 1. The zero-order valence-electron chi connectivity index (χ0n) is 14.2. The first-order valence-corrected chi connectivity index (χ1v) is 7.99. The predicted molar refractivity (Wildman–Crippen MR) is 93.8 cm³/mol. The quantitative estimate of drug-likeness (QED) is 0.698. The predicted octanol–water partition coefficient (Wildman–Crippen LogP) is 2.57. The lowest BCUT2D eigenvalue weighted by atomic mass is 10.2. The van der Waals surface area contributed by atoms with Crippen molar-refractivity contribution < 1.29 is 19.4 Å². The van der Waals surface area contributed by atoms with Crippen LogP contribution in [0.1, 0.15) is 16.2 Å². The van der Waals surface area contributed by atoms with Crippen LogP contribution in [0.15, 0.2) is 48.5 Å². The third-order valence-electron chi connectivity index (χ3n) is 3.94. The third kappa shape index (κ3) is 3.80. The van der Waals surface area contributed by atoms with E-state index in [4.69, 9.17) is 4.74 Å². The highest BCUT2D eigenvalue weighted by molar-refractivity contribution is 5.89. The van der Waals surface area contributed by atoms with Crippen LogP contribution in [0.4, 0.5) is 0 Å². The smallest absolute Gasteiger partial charge is 0.337 e. The summed E-state index contributed by atoms with van der Waals surface area (Å²) in [7, 11) is 1.33. The Morgan fingerprint density at radius 1 is 1.24 bits per heavy atom. The number of hydrogen-bond acceptors (Lipinski definition) is 5. The summed E-state index contributed by atoms with van der Waals surface area (Å²) in [6.45, 7) is 2.40. The van der Waals surface area contributed by atoms with Crippen LogP contribution in [0.25, 0.3) is 11.0 Å². The topological polar surface area (TPSA) is 73.6 Å². The van der Waals surface area contributed by atoms with Gasteiger partial charge in [-0.05, 0) is 37.3 Å². The summed E-state index contributed by atoms with van der Waals surface area (Å²) in [6.07, 6.45) is -0.710. The van der Waals surface area contributed by atoms with E-state index in [1.54, 1.807) is 24.3 Å². The van der Waals surface area contributed by atoms with Crippen molar-refractivity contribution in [1.29, 1.82) is 0 Å². The van der Waals surface area contributed by atoms with Gasteiger partial charge in [0.2, 0.25) is 0 Å². The summed E-state index contributed by atoms with van der Waals surface area (Å²) in [4.78, 5) is 16.0. The molecule has 0 amide bonds. The van der Waals surface area contributed by atoms with Crippen LogP contribution < -0.4 is 4.74 Å². The van der Waals surface area contributed by atoms with Crippen LogP contribution in [-0.2, 0) is 11.3 Å². The van der Waals surface area contributed by atoms with Crippen LogP contribution in [-0.4, -0.2) is 40.4 Å². The van der Waals surface area contributed by atoms with Crippen LogP contribution >= 0.6 is 0 Å². The first kappa shape index (κ1) is 17.0. The SMILES string of the molecule is COC(=O)c1cccc(OC[C@H](O)Cn2c(C)nc3ccccc32)c1. The van der Waals surface area contributed by atoms with Crippen LogP contribution in [0.2, 0.25) is 0 Å². The van der Waals surface area contributed by atoms with Crippen molar-refractivity contribution in [2.24, 2.45) is 0 Å². The van der Waals surface area contributed by atoms with Crippen molar-refractivity contribution in [3.8, 4) is 5.75 Å². The maximum atomic E-state index is 11.5. The molecule has 3 aromatic rings. The average Bonchev–Trinajstić information content (AvgIpc) is 2.95. The van der Waals surface area contributed by atoms with Gasteiger partial charge in [-0.3, -0.25) is 0 Å². The molecular weight excluding hydrogens is 320 g/mol. The number of benzene rings is 2. The highest BCUT2D eigenvalue weighted by Crippen LogP contribution is 2.17. The van der Waals surface area contributed by atoms with Gasteiger partial charge in [0.25, 0.3) is 0 Å². The fraction of sp³-hybridized carbons (Fsp3) is 0.263. The van der Waals surface area contributed by atoms with Crippen molar-refractivity contribution >= 4 is 17.0 Å². The molecule has 0 bridgehead atoms. The molecular formula is C19H20N2O4. The normalized spacial score (nSPS) is 12.1. The number of imidazole rings is 1. The Morgan fingerprint density at radius 2 is 2.04 bits per heavy atom. The second kappa shape index (κ2) is 7.36. The number of aryl methyl sites for hydroxylation is 1. The van der Waals surface area contributed by atoms with Gasteiger partial charge < -0.3 is 19.1 Å². The first-order valence-electron chi connectivity index (χ1n) is 7.99. The van der Waals surface area contributed by atoms with E-state index < -0.39 is 12.1 Å². The van der Waals surface area contributed by atoms with Gasteiger partial charge in [0.15, 0.2) is 0 Å². The maximum Gasteiger partial charge on any atom is 0.337 e. The molecule has 1 atom stereocenters. The van der Waals surface area contributed by atoms with E-state index in [-0.39, 0.29) is 6.61 Å². The number of rotatable bonds is 6. The first-order chi connectivity index (χ1) is 12.1. The molecule has 0 spiro atoms. The van der Waals surface area contributed by atoms with Gasteiger partial charge in [-0.15, -0.1) is 0 Å². The molecule has 0 saturated heterocycles. The number of para-hydroxylation sites is 2. The minimum absolute atomic E-state index is 0.108. The fourth-order valence-corrected chi connectivity index (χ4v) is 2.71. The standard InChI is InChI=1S/C19H20N2O4/c1-13-20-17-8-3-4-9-18(17)21(13)11-15(22)12-25-16-7-5-6-14(10-16)19(23)24-2/h3-10,15,22H,11-12H2,1-2H3/t15-/m1/s1. The van der Waals surface area contributed by atoms with Gasteiger partial charge in [-0.1, -0.05) is 18.2 Å². The molecule has 130 valence electrons. The molecule has 1 N–H and O–H groups in total. The maximum absolute atomic E-state index is 11.5. The Kier molecular flexibility index (Phi) is 5.00. The molecule has 1 heterocycles. The minimum Gasteiger partial charge on any atom is -0.491 e. The number of aliphatic hydroxyl groups is 1. The molecule has 25 heavy (non-hydrogen) atoms. The Labute approximate surface area is 145 Å². The summed E-state index contributed by atoms with van der Waals surface area (Å²) >= 11 is 0. The van der Waals surface area contributed by atoms with Crippen molar-refractivity contribution in [3.63, 3.8) is 0 Å². The average molecular weight is 340 g/mol. The van der Waals surface area contributed by atoms with E-state index in [0.717, 1.165) is 16.9 Å². The van der Waals surface area contributed by atoms with Crippen molar-refractivity contribution in [2.45, 2.75) is 19.6 Å². The molecule has 6 heteroatoms. The number of methoxy groups -OCH3 is 1. The van der Waals surface area contributed by atoms with Crippen molar-refractivity contribution in [1.82, 2.24) is 9.55 Å². The molecule has 0 radical (unpaired) electrons. The molecule has 0 unspecified atom stereocenters. The molecule has 2 aromatic carbocycles. The Bertz CT molecular complexity index is 888. The van der Waals surface area contributed by atoms with E-state index in [2.05, 4.69) is 9.72 Å². The molecule has 6 nitrogen and oxygen atoms in total. The lowest BCUT2D eigenvalue weighted by Gasteiger charge is -2.15. The molecule has 0 fully saturated rings. The molecule has 1 aromatic heterocycles.